The van der Waals surface area contributed by atoms with Crippen LogP contribution < -0.4 is 0 Å². The van der Waals surface area contributed by atoms with E-state index in [4.69, 9.17) is 9.47 Å². The molecule has 1 aromatic carbocycles. The van der Waals surface area contributed by atoms with Gasteiger partial charge in [-0.2, -0.15) is 0 Å². The van der Waals surface area contributed by atoms with Gasteiger partial charge in [-0.3, -0.25) is 4.90 Å². The van der Waals surface area contributed by atoms with E-state index in [1.54, 1.807) is 0 Å². The van der Waals surface area contributed by atoms with Crippen LogP contribution in [0.15, 0.2) is 30.3 Å². The largest absolute Gasteiger partial charge is 0.347 e. The molecular formula is C35H57NO2. The molecule has 0 radical (unpaired) electrons. The summed E-state index contributed by atoms with van der Waals surface area (Å²) in [5.74, 6) is 3.80. The predicted molar refractivity (Wildman–Crippen MR) is 158 cm³/mol. The monoisotopic (exact) mass is 523 g/mol. The van der Waals surface area contributed by atoms with Gasteiger partial charge in [0.25, 0.3) is 0 Å². The Morgan fingerprint density at radius 2 is 1.63 bits per heavy atom. The van der Waals surface area contributed by atoms with Crippen molar-refractivity contribution in [1.82, 2.24) is 4.90 Å². The van der Waals surface area contributed by atoms with E-state index in [-0.39, 0.29) is 11.2 Å². The van der Waals surface area contributed by atoms with Crippen molar-refractivity contribution in [2.24, 2.45) is 40.4 Å². The van der Waals surface area contributed by atoms with Gasteiger partial charge in [0.15, 0.2) is 5.79 Å². The molecule has 0 bridgehead atoms. The fourth-order valence-electron chi connectivity index (χ4n) is 10.2. The van der Waals surface area contributed by atoms with Crippen LogP contribution >= 0.6 is 0 Å². The van der Waals surface area contributed by atoms with Gasteiger partial charge in [0.05, 0.1) is 13.2 Å². The minimum absolute atomic E-state index is 0.212. The molecule has 5 rings (SSSR count). The van der Waals surface area contributed by atoms with Crippen LogP contribution in [0.4, 0.5) is 0 Å². The van der Waals surface area contributed by atoms with Crippen LogP contribution in [0.3, 0.4) is 0 Å². The average Bonchev–Trinajstić information content (AvgIpc) is 3.48. The zero-order valence-electron chi connectivity index (χ0n) is 25.5. The smallest absolute Gasteiger partial charge is 0.174 e. The van der Waals surface area contributed by atoms with Crippen molar-refractivity contribution in [3.05, 3.63) is 35.9 Å². The van der Waals surface area contributed by atoms with E-state index >= 15 is 0 Å². The van der Waals surface area contributed by atoms with Crippen molar-refractivity contribution < 1.29 is 9.47 Å². The van der Waals surface area contributed by atoms with E-state index in [0.29, 0.717) is 11.5 Å². The summed E-state index contributed by atoms with van der Waals surface area (Å²) in [6, 6.07) is 11.8. The highest BCUT2D eigenvalue weighted by molar-refractivity contribution is 5.15. The van der Waals surface area contributed by atoms with Gasteiger partial charge in [0.1, 0.15) is 0 Å². The molecule has 3 nitrogen and oxygen atoms in total. The molecule has 1 aromatic rings. The third-order valence-corrected chi connectivity index (χ3v) is 12.1. The summed E-state index contributed by atoms with van der Waals surface area (Å²) in [7, 11) is 0. The molecule has 1 aliphatic heterocycles. The SMILES string of the molecule is CCCC1(C)C(CCN(Cc2ccccc2)[C@H](C)CC(C)C)CCC2C1CCC1(C)C2CCC12OCCO2. The van der Waals surface area contributed by atoms with E-state index in [1.165, 1.54) is 69.9 Å². The third-order valence-electron chi connectivity index (χ3n) is 12.1. The second-order valence-corrected chi connectivity index (χ2v) is 14.6. The number of hydrogen-bond acceptors (Lipinski definition) is 3. The molecule has 0 amide bonds. The fraction of sp³-hybridized carbons (Fsp3) is 0.829. The summed E-state index contributed by atoms with van der Waals surface area (Å²) >= 11 is 0. The molecule has 7 atom stereocenters. The summed E-state index contributed by atoms with van der Waals surface area (Å²) in [5.41, 5.74) is 2.14. The standard InChI is InChI=1S/C35H57NO2/c1-7-18-33(5)29(17-21-36(27(4)24-26(2)3)25-28-11-9-8-10-12-28)13-14-30-31(33)15-19-34(6)32(30)16-20-35(34)37-22-23-38-35/h8-12,26-27,29-32H,7,13-25H2,1-6H3/t27-,29?,30?,31?,32?,33?,34?/m1/s1. The molecule has 214 valence electrons. The molecule has 1 spiro atoms. The predicted octanol–water partition coefficient (Wildman–Crippen LogP) is 8.72. The Balaban J connectivity index is 1.31. The third kappa shape index (κ3) is 5.14. The number of nitrogens with zero attached hydrogens (tertiary/aromatic N) is 1. The molecule has 0 N–H and O–H groups in total. The molecule has 6 unspecified atom stereocenters. The number of rotatable bonds is 10. The van der Waals surface area contributed by atoms with E-state index in [1.807, 2.05) is 0 Å². The Labute approximate surface area is 234 Å². The van der Waals surface area contributed by atoms with Crippen LogP contribution in [-0.4, -0.2) is 36.5 Å². The molecule has 4 fully saturated rings. The van der Waals surface area contributed by atoms with E-state index in [0.717, 1.165) is 55.8 Å². The lowest BCUT2D eigenvalue weighted by atomic mass is 9.46. The molecule has 1 heterocycles. The van der Waals surface area contributed by atoms with Gasteiger partial charge in [-0.25, -0.2) is 0 Å². The Morgan fingerprint density at radius 1 is 0.921 bits per heavy atom. The second-order valence-electron chi connectivity index (χ2n) is 14.6. The molecule has 38 heavy (non-hydrogen) atoms. The maximum absolute atomic E-state index is 6.41. The lowest BCUT2D eigenvalue weighted by Crippen LogP contribution is -2.56. The summed E-state index contributed by atoms with van der Waals surface area (Å²) in [4.78, 5) is 2.81. The van der Waals surface area contributed by atoms with E-state index < -0.39 is 0 Å². The summed E-state index contributed by atoms with van der Waals surface area (Å²) in [6.45, 7) is 18.8. The first kappa shape index (κ1) is 28.6. The van der Waals surface area contributed by atoms with Gasteiger partial charge >= 0.3 is 0 Å². The zero-order valence-corrected chi connectivity index (χ0v) is 25.5. The van der Waals surface area contributed by atoms with Crippen LogP contribution in [0.2, 0.25) is 0 Å². The molecule has 3 saturated carbocycles. The molecule has 1 saturated heterocycles. The highest BCUT2D eigenvalue weighted by Crippen LogP contribution is 2.68. The van der Waals surface area contributed by atoms with Crippen LogP contribution in [0.5, 0.6) is 0 Å². The second kappa shape index (κ2) is 11.5. The van der Waals surface area contributed by atoms with Gasteiger partial charge in [0.2, 0.25) is 0 Å². The minimum Gasteiger partial charge on any atom is -0.347 e. The zero-order chi connectivity index (χ0) is 27.0. The molecule has 3 heteroatoms. The van der Waals surface area contributed by atoms with Gasteiger partial charge in [-0.15, -0.1) is 0 Å². The topological polar surface area (TPSA) is 21.7 Å². The molecule has 4 aliphatic rings. The van der Waals surface area contributed by atoms with Gasteiger partial charge in [-0.1, -0.05) is 71.4 Å². The van der Waals surface area contributed by atoms with Crippen molar-refractivity contribution in [2.45, 2.75) is 124 Å². The first-order valence-corrected chi connectivity index (χ1v) is 16.3. The number of ether oxygens (including phenoxy) is 2. The Bertz CT molecular complexity index is 894. The summed E-state index contributed by atoms with van der Waals surface area (Å²) in [5, 5.41) is 0. The first-order chi connectivity index (χ1) is 18.2. The van der Waals surface area contributed by atoms with Crippen molar-refractivity contribution >= 4 is 0 Å². The maximum atomic E-state index is 6.41. The molecule has 0 aromatic heterocycles. The number of fused-ring (bicyclic) bond motifs is 4. The summed E-state index contributed by atoms with van der Waals surface area (Å²) < 4.78 is 12.8. The van der Waals surface area contributed by atoms with Crippen LogP contribution in [-0.2, 0) is 16.0 Å². The Morgan fingerprint density at radius 3 is 2.32 bits per heavy atom. The van der Waals surface area contributed by atoms with Crippen molar-refractivity contribution in [1.29, 1.82) is 0 Å². The maximum Gasteiger partial charge on any atom is 0.174 e. The normalized spacial score (nSPS) is 37.1. The van der Waals surface area contributed by atoms with E-state index in [2.05, 4.69) is 76.8 Å². The van der Waals surface area contributed by atoms with Crippen LogP contribution in [0.25, 0.3) is 0 Å². The fourth-order valence-corrected chi connectivity index (χ4v) is 10.2. The molecular weight excluding hydrogens is 466 g/mol. The Hall–Kier alpha value is -0.900. The number of hydrogen-bond donors (Lipinski definition) is 0. The van der Waals surface area contributed by atoms with Gasteiger partial charge < -0.3 is 9.47 Å². The van der Waals surface area contributed by atoms with Crippen molar-refractivity contribution in [3.63, 3.8) is 0 Å². The lowest BCUT2D eigenvalue weighted by molar-refractivity contribution is -0.246. The highest BCUT2D eigenvalue weighted by atomic mass is 16.7. The molecule has 3 aliphatic carbocycles. The Kier molecular flexibility index (Phi) is 8.69. The van der Waals surface area contributed by atoms with Crippen LogP contribution in [0.1, 0.15) is 111 Å². The first-order valence-electron chi connectivity index (χ1n) is 16.3. The minimum atomic E-state index is -0.273. The average molecular weight is 524 g/mol. The van der Waals surface area contributed by atoms with E-state index in [9.17, 15) is 0 Å². The lowest BCUT2D eigenvalue weighted by Gasteiger charge is -2.60. The number of benzene rings is 1. The summed E-state index contributed by atoms with van der Waals surface area (Å²) in [6.07, 6.45) is 13.3. The van der Waals surface area contributed by atoms with Crippen LogP contribution in [0, 0.1) is 40.4 Å². The van der Waals surface area contributed by atoms with Crippen molar-refractivity contribution in [2.75, 3.05) is 19.8 Å². The van der Waals surface area contributed by atoms with Gasteiger partial charge in [-0.05, 0) is 105 Å². The highest BCUT2D eigenvalue weighted by Gasteiger charge is 2.66. The van der Waals surface area contributed by atoms with Gasteiger partial charge in [0, 0.05) is 24.4 Å². The quantitative estimate of drug-likeness (QED) is 0.306. The van der Waals surface area contributed by atoms with Crippen molar-refractivity contribution in [3.8, 4) is 0 Å².